The molecular weight excluding hydrogens is 694 g/mol. The maximum Gasteiger partial charge on any atom is 0.421 e. The van der Waals surface area contributed by atoms with Crippen molar-refractivity contribution >= 4 is 56.4 Å². The first-order chi connectivity index (χ1) is 23.6. The van der Waals surface area contributed by atoms with Crippen LogP contribution < -0.4 is 20.7 Å². The number of thiazole rings is 2. The Morgan fingerprint density at radius 2 is 1.74 bits per heavy atom. The van der Waals surface area contributed by atoms with Gasteiger partial charge in [-0.2, -0.15) is 28.4 Å². The fraction of sp³-hybridized carbons (Fsp3) is 0.500. The first-order valence-corrected chi connectivity index (χ1v) is 17.6. The molecule has 3 aliphatic rings. The molecule has 3 N–H and O–H groups in total. The number of cyclic esters (lactones) is 1. The van der Waals surface area contributed by atoms with Crippen molar-refractivity contribution in [1.82, 2.24) is 29.9 Å². The Bertz CT molecular complexity index is 2070. The van der Waals surface area contributed by atoms with Gasteiger partial charge in [-0.1, -0.05) is 22.7 Å². The Kier molecular flexibility index (Phi) is 7.94. The molecule has 4 aromatic heterocycles. The Morgan fingerprint density at radius 1 is 1.04 bits per heavy atom. The van der Waals surface area contributed by atoms with Gasteiger partial charge in [-0.05, 0) is 60.8 Å². The summed E-state index contributed by atoms with van der Waals surface area (Å²) in [7, 11) is 0. The number of hydrogen-bond acceptors (Lipinski definition) is 15. The van der Waals surface area contributed by atoms with Crippen molar-refractivity contribution in [3.63, 3.8) is 0 Å². The number of hydrogen-bond donors (Lipinski definition) is 3. The average molecular weight is 727 g/mol. The molecule has 7 rings (SSSR count). The highest BCUT2D eigenvalue weighted by Gasteiger charge is 2.81. The Balaban J connectivity index is 1.24. The van der Waals surface area contributed by atoms with Gasteiger partial charge in [0.15, 0.2) is 0 Å². The van der Waals surface area contributed by atoms with E-state index in [0.29, 0.717) is 55.0 Å². The number of halogens is 3. The van der Waals surface area contributed by atoms with Crippen molar-refractivity contribution in [1.29, 1.82) is 5.26 Å². The van der Waals surface area contributed by atoms with Crippen LogP contribution in [0.5, 0.6) is 5.88 Å². The van der Waals surface area contributed by atoms with Crippen LogP contribution in [-0.4, -0.2) is 55.1 Å². The number of esters is 1. The van der Waals surface area contributed by atoms with Gasteiger partial charge in [0, 0.05) is 18.3 Å². The molecule has 5 heterocycles. The Labute approximate surface area is 293 Å². The second-order valence-corrected chi connectivity index (χ2v) is 15.2. The molecule has 4 aromatic rings. The summed E-state index contributed by atoms with van der Waals surface area (Å²) < 4.78 is 52.5. The van der Waals surface area contributed by atoms with Crippen molar-refractivity contribution in [3.05, 3.63) is 44.4 Å². The predicted molar refractivity (Wildman–Crippen MR) is 179 cm³/mol. The minimum Gasteiger partial charge on any atom is -0.474 e. The lowest BCUT2D eigenvalue weighted by Gasteiger charge is -2.19. The third-order valence-electron chi connectivity index (χ3n) is 9.08. The molecule has 18 heteroatoms. The Hall–Kier alpha value is -4.63. The molecule has 0 amide bonds. The summed E-state index contributed by atoms with van der Waals surface area (Å²) in [5.41, 5.74) is -1.27. The topological polar surface area (TPSA) is 173 Å². The highest BCUT2D eigenvalue weighted by atomic mass is 32.1. The van der Waals surface area contributed by atoms with Crippen LogP contribution >= 0.6 is 22.7 Å². The first kappa shape index (κ1) is 33.8. The molecule has 1 aliphatic heterocycles. The second-order valence-electron chi connectivity index (χ2n) is 13.2. The van der Waals surface area contributed by atoms with Crippen LogP contribution in [-0.2, 0) is 32.0 Å². The fourth-order valence-corrected chi connectivity index (χ4v) is 8.29. The Morgan fingerprint density at radius 3 is 2.42 bits per heavy atom. The molecule has 1 saturated heterocycles. The highest BCUT2D eigenvalue weighted by Crippen LogP contribution is 2.70. The van der Waals surface area contributed by atoms with Crippen LogP contribution in [0.25, 0.3) is 0 Å². The van der Waals surface area contributed by atoms with Crippen molar-refractivity contribution in [2.45, 2.75) is 89.3 Å². The van der Waals surface area contributed by atoms with E-state index in [1.807, 2.05) is 13.8 Å². The third kappa shape index (κ3) is 5.56. The molecule has 2 unspecified atom stereocenters. The largest absolute Gasteiger partial charge is 0.474 e. The molecule has 262 valence electrons. The minimum atomic E-state index is -4.63. The molecule has 2 atom stereocenters. The lowest BCUT2D eigenvalue weighted by atomic mass is 9.90. The van der Waals surface area contributed by atoms with E-state index in [1.165, 1.54) is 22.7 Å². The van der Waals surface area contributed by atoms with E-state index in [0.717, 1.165) is 19.0 Å². The first-order valence-electron chi connectivity index (χ1n) is 15.9. The third-order valence-corrected chi connectivity index (χ3v) is 11.7. The number of nitriles is 1. The molecule has 0 aromatic carbocycles. The summed E-state index contributed by atoms with van der Waals surface area (Å²) in [6, 6.07) is 2.28. The number of nitrogens with zero attached hydrogens (tertiary/aromatic N) is 7. The van der Waals surface area contributed by atoms with Gasteiger partial charge in [-0.15, -0.1) is 0 Å². The zero-order valence-electron chi connectivity index (χ0n) is 28.0. The number of carbonyl (C=O) groups excluding carboxylic acids is 1. The molecule has 13 nitrogen and oxygen atoms in total. The molecule has 0 radical (unpaired) electrons. The highest BCUT2D eigenvalue weighted by molar-refractivity contribution is 7.16. The monoisotopic (exact) mass is 726 g/mol. The van der Waals surface area contributed by atoms with Crippen molar-refractivity contribution in [2.75, 3.05) is 29.1 Å². The average Bonchev–Trinajstić information content (AvgIpc) is 3.90. The fourth-order valence-electron chi connectivity index (χ4n) is 6.04. The van der Waals surface area contributed by atoms with Crippen LogP contribution in [0.1, 0.15) is 78.3 Å². The van der Waals surface area contributed by atoms with E-state index >= 15 is 0 Å². The molecule has 0 bridgehead atoms. The van der Waals surface area contributed by atoms with Crippen LogP contribution in [0, 0.1) is 32.1 Å². The van der Waals surface area contributed by atoms with Gasteiger partial charge in [0.2, 0.25) is 17.8 Å². The van der Waals surface area contributed by atoms with Gasteiger partial charge in [0.25, 0.3) is 0 Å². The number of rotatable bonds is 11. The lowest BCUT2D eigenvalue weighted by molar-refractivity contribution is -0.142. The zero-order chi connectivity index (χ0) is 35.8. The minimum absolute atomic E-state index is 0.0381. The van der Waals surface area contributed by atoms with E-state index in [1.54, 1.807) is 27.7 Å². The van der Waals surface area contributed by atoms with Crippen LogP contribution in [0.15, 0.2) is 6.20 Å². The van der Waals surface area contributed by atoms with Crippen molar-refractivity contribution in [2.24, 2.45) is 0 Å². The van der Waals surface area contributed by atoms with Gasteiger partial charge >= 0.3 is 12.1 Å². The van der Waals surface area contributed by atoms with Crippen LogP contribution in [0.2, 0.25) is 0 Å². The van der Waals surface area contributed by atoms with Gasteiger partial charge in [-0.25, -0.2) is 19.9 Å². The van der Waals surface area contributed by atoms with Gasteiger partial charge in [0.05, 0.1) is 28.6 Å². The molecular formula is C32H33F3N10O3S2. The lowest BCUT2D eigenvalue weighted by Crippen LogP contribution is -2.26. The summed E-state index contributed by atoms with van der Waals surface area (Å²) in [5.74, 6) is -0.160. The standard InChI is InChI=1S/C32H33F3N10O3S2/c1-7-37-20-18(32(33,34)35)10-38-27(42-20)44-22-16(4)40-25(50-22)31-11-30(31,13-47-26(31)46)19-14(2)21(48-17-8-9-17)43-28(41-19)45-23-15(3)39-24(49-23)29(5,6)12-36/h10,17H,7-9,11,13H2,1-6H3,(H,41,43,45)(H2,37,38,42,44). The second kappa shape index (κ2) is 11.7. The summed E-state index contributed by atoms with van der Waals surface area (Å²) >= 11 is 2.54. The smallest absolute Gasteiger partial charge is 0.421 e. The number of aromatic nitrogens is 6. The number of ether oxygens (including phenoxy) is 2. The van der Waals surface area contributed by atoms with E-state index in [4.69, 9.17) is 24.4 Å². The SMILES string of the molecule is CCNc1nc(Nc2sc(C34CC3(c3nc(Nc5sc(C(C)(C)C#N)nc5C)nc(OC5CC5)c3C)COC4=O)nc2C)ncc1C(F)(F)F. The van der Waals surface area contributed by atoms with Gasteiger partial charge in [-0.3, -0.25) is 4.79 Å². The van der Waals surface area contributed by atoms with Crippen molar-refractivity contribution < 1.29 is 27.4 Å². The zero-order valence-corrected chi connectivity index (χ0v) is 29.6. The molecule has 2 aliphatic carbocycles. The van der Waals surface area contributed by atoms with E-state index in [-0.39, 0.29) is 37.0 Å². The summed E-state index contributed by atoms with van der Waals surface area (Å²) in [6.07, 6.45) is -1.66. The molecule has 50 heavy (non-hydrogen) atoms. The maximum absolute atomic E-state index is 13.6. The van der Waals surface area contributed by atoms with Gasteiger partial charge < -0.3 is 25.4 Å². The molecule has 2 saturated carbocycles. The number of anilines is 5. The summed E-state index contributed by atoms with van der Waals surface area (Å²) in [6.45, 7) is 11.0. The maximum atomic E-state index is 13.6. The van der Waals surface area contributed by atoms with Gasteiger partial charge in [0.1, 0.15) is 54.9 Å². The van der Waals surface area contributed by atoms with E-state index < -0.39 is 34.0 Å². The summed E-state index contributed by atoms with van der Waals surface area (Å²) in [5, 5.41) is 20.9. The van der Waals surface area contributed by atoms with E-state index in [2.05, 4.69) is 37.0 Å². The van der Waals surface area contributed by atoms with Crippen LogP contribution in [0.3, 0.4) is 0 Å². The number of nitrogens with one attached hydrogen (secondary N) is 3. The van der Waals surface area contributed by atoms with Crippen LogP contribution in [0.4, 0.5) is 40.9 Å². The number of alkyl halides is 3. The van der Waals surface area contributed by atoms with E-state index in [9.17, 15) is 23.2 Å². The predicted octanol–water partition coefficient (Wildman–Crippen LogP) is 6.52. The quantitative estimate of drug-likeness (QED) is 0.143. The number of aryl methyl sites for hydroxylation is 2. The summed E-state index contributed by atoms with van der Waals surface area (Å²) in [4.78, 5) is 40.7. The van der Waals surface area contributed by atoms with Crippen molar-refractivity contribution in [3.8, 4) is 11.9 Å². The molecule has 3 fully saturated rings. The number of fused-ring (bicyclic) bond motifs is 1. The number of carbonyl (C=O) groups is 1. The molecule has 0 spiro atoms. The normalized spacial score (nSPS) is 21.3.